The van der Waals surface area contributed by atoms with Crippen molar-refractivity contribution in [1.29, 1.82) is 0 Å². The number of carboxylic acids is 1. The van der Waals surface area contributed by atoms with Gasteiger partial charge in [0.2, 0.25) is 0 Å². The van der Waals surface area contributed by atoms with Gasteiger partial charge in [0.25, 0.3) is 0 Å². The summed E-state index contributed by atoms with van der Waals surface area (Å²) in [5.41, 5.74) is -0.989. The van der Waals surface area contributed by atoms with Gasteiger partial charge in [0.05, 0.1) is 5.41 Å². The summed E-state index contributed by atoms with van der Waals surface area (Å²) in [6, 6.07) is 4.25. The molecule has 1 fully saturated rings. The van der Waals surface area contributed by atoms with Gasteiger partial charge in [-0.15, -0.1) is 0 Å². The van der Waals surface area contributed by atoms with E-state index in [4.69, 9.17) is 0 Å². The van der Waals surface area contributed by atoms with E-state index in [2.05, 4.69) is 0 Å². The number of sulfone groups is 1. The number of phenols is 1. The van der Waals surface area contributed by atoms with Crippen molar-refractivity contribution in [2.75, 3.05) is 6.26 Å². The number of benzene rings is 1. The molecule has 1 aromatic carbocycles. The second-order valence-electron chi connectivity index (χ2n) is 5.02. The molecule has 1 saturated carbocycles. The second-order valence-corrected chi connectivity index (χ2v) is 6.97. The van der Waals surface area contributed by atoms with Crippen LogP contribution in [0.5, 0.6) is 5.75 Å². The molecule has 0 spiro atoms. The van der Waals surface area contributed by atoms with Crippen molar-refractivity contribution >= 4 is 15.8 Å². The molecule has 1 aromatic rings. The monoisotopic (exact) mass is 284 g/mol. The highest BCUT2D eigenvalue weighted by molar-refractivity contribution is 7.90. The van der Waals surface area contributed by atoms with Gasteiger partial charge in [-0.3, -0.25) is 4.79 Å². The van der Waals surface area contributed by atoms with E-state index in [1.165, 1.54) is 18.2 Å². The van der Waals surface area contributed by atoms with E-state index in [-0.39, 0.29) is 16.2 Å². The Labute approximate surface area is 111 Å². The summed E-state index contributed by atoms with van der Waals surface area (Å²) in [6.07, 6.45) is 3.26. The van der Waals surface area contributed by atoms with Crippen LogP contribution in [-0.2, 0) is 20.0 Å². The lowest BCUT2D eigenvalue weighted by atomic mass is 9.79. The topological polar surface area (TPSA) is 91.7 Å². The third-order valence-corrected chi connectivity index (χ3v) is 4.92. The lowest BCUT2D eigenvalue weighted by Gasteiger charge is -2.26. The first-order chi connectivity index (χ1) is 8.79. The van der Waals surface area contributed by atoms with Crippen molar-refractivity contribution < 1.29 is 23.4 Å². The number of carbonyl (C=O) groups is 1. The molecular weight excluding hydrogens is 268 g/mol. The molecule has 5 nitrogen and oxygen atoms in total. The van der Waals surface area contributed by atoms with E-state index in [0.29, 0.717) is 12.8 Å². The molecule has 0 heterocycles. The van der Waals surface area contributed by atoms with Crippen molar-refractivity contribution in [1.82, 2.24) is 0 Å². The van der Waals surface area contributed by atoms with Gasteiger partial charge in [0.1, 0.15) is 10.6 Å². The summed E-state index contributed by atoms with van der Waals surface area (Å²) in [7, 11) is -3.69. The van der Waals surface area contributed by atoms with Crippen molar-refractivity contribution in [3.63, 3.8) is 0 Å². The van der Waals surface area contributed by atoms with Crippen LogP contribution in [0.25, 0.3) is 0 Å². The van der Waals surface area contributed by atoms with E-state index in [9.17, 15) is 23.4 Å². The molecule has 2 N–H and O–H groups in total. The van der Waals surface area contributed by atoms with Gasteiger partial charge in [-0.1, -0.05) is 25.0 Å². The maximum absolute atomic E-state index is 11.8. The molecular formula is C13H16O5S. The van der Waals surface area contributed by atoms with Gasteiger partial charge in [0, 0.05) is 6.26 Å². The highest BCUT2D eigenvalue weighted by atomic mass is 32.2. The standard InChI is InChI=1S/C13H16O5S/c1-19(17,18)11-9(5-4-6-10(11)14)13(12(15)16)7-2-3-8-13/h4-6,14H,2-3,7-8H2,1H3,(H,15,16). The van der Waals surface area contributed by atoms with E-state index in [0.717, 1.165) is 19.1 Å². The lowest BCUT2D eigenvalue weighted by molar-refractivity contribution is -0.143. The average Bonchev–Trinajstić information content (AvgIpc) is 2.76. The van der Waals surface area contributed by atoms with Crippen molar-refractivity contribution in [2.45, 2.75) is 36.0 Å². The zero-order valence-corrected chi connectivity index (χ0v) is 11.4. The van der Waals surface area contributed by atoms with E-state index in [1.54, 1.807) is 0 Å². The minimum Gasteiger partial charge on any atom is -0.507 e. The molecule has 6 heteroatoms. The fraction of sp³-hybridized carbons (Fsp3) is 0.462. The Balaban J connectivity index is 2.76. The molecule has 1 aliphatic rings. The molecule has 0 amide bonds. The van der Waals surface area contributed by atoms with Gasteiger partial charge < -0.3 is 10.2 Å². The number of aliphatic carboxylic acids is 1. The highest BCUT2D eigenvalue weighted by Gasteiger charge is 2.46. The fourth-order valence-corrected chi connectivity index (χ4v) is 3.98. The van der Waals surface area contributed by atoms with Crippen LogP contribution in [-0.4, -0.2) is 30.9 Å². The smallest absolute Gasteiger partial charge is 0.314 e. The fourth-order valence-electron chi connectivity index (χ4n) is 2.87. The summed E-state index contributed by atoms with van der Waals surface area (Å²) >= 11 is 0. The third-order valence-electron chi connectivity index (χ3n) is 3.75. The van der Waals surface area contributed by atoms with Gasteiger partial charge >= 0.3 is 5.97 Å². The number of rotatable bonds is 3. The zero-order chi connectivity index (χ0) is 14.3. The first-order valence-electron chi connectivity index (χ1n) is 6.05. The van der Waals surface area contributed by atoms with Crippen LogP contribution >= 0.6 is 0 Å². The molecule has 19 heavy (non-hydrogen) atoms. The number of phenolic OH excluding ortho intramolecular Hbond substituents is 1. The molecule has 0 bridgehead atoms. The van der Waals surface area contributed by atoms with Crippen molar-refractivity contribution in [3.8, 4) is 5.75 Å². The van der Waals surface area contributed by atoms with Gasteiger partial charge in [-0.25, -0.2) is 8.42 Å². The third kappa shape index (κ3) is 2.20. The Hall–Kier alpha value is -1.56. The van der Waals surface area contributed by atoms with Crippen LogP contribution in [0, 0.1) is 0 Å². The minimum absolute atomic E-state index is 0.208. The summed E-state index contributed by atoms with van der Waals surface area (Å²) in [4.78, 5) is 11.4. The summed E-state index contributed by atoms with van der Waals surface area (Å²) in [5, 5.41) is 19.3. The summed E-state index contributed by atoms with van der Waals surface area (Å²) in [6.45, 7) is 0. The largest absolute Gasteiger partial charge is 0.507 e. The predicted octanol–water partition coefficient (Wildman–Crippen LogP) is 1.69. The molecule has 104 valence electrons. The Bertz CT molecular complexity index is 612. The van der Waals surface area contributed by atoms with Crippen LogP contribution in [0.4, 0.5) is 0 Å². The zero-order valence-electron chi connectivity index (χ0n) is 10.6. The molecule has 0 atom stereocenters. The number of aromatic hydroxyl groups is 1. The van der Waals surface area contributed by atoms with Crippen LogP contribution in [0.15, 0.2) is 23.1 Å². The Morgan fingerprint density at radius 1 is 1.26 bits per heavy atom. The molecule has 1 aliphatic carbocycles. The number of carboxylic acid groups (broad SMARTS) is 1. The van der Waals surface area contributed by atoms with Gasteiger partial charge in [0.15, 0.2) is 9.84 Å². The first-order valence-corrected chi connectivity index (χ1v) is 7.94. The van der Waals surface area contributed by atoms with Crippen LogP contribution in [0.2, 0.25) is 0 Å². The van der Waals surface area contributed by atoms with E-state index in [1.807, 2.05) is 0 Å². The SMILES string of the molecule is CS(=O)(=O)c1c(O)cccc1C1(C(=O)O)CCCC1. The first kappa shape index (κ1) is 13.9. The molecule has 0 aromatic heterocycles. The maximum atomic E-state index is 11.8. The van der Waals surface area contributed by atoms with E-state index >= 15 is 0 Å². The average molecular weight is 284 g/mol. The summed E-state index contributed by atoms with van der Waals surface area (Å²) < 4.78 is 23.7. The molecule has 0 saturated heterocycles. The maximum Gasteiger partial charge on any atom is 0.314 e. The van der Waals surface area contributed by atoms with E-state index < -0.39 is 21.2 Å². The van der Waals surface area contributed by atoms with Crippen molar-refractivity contribution in [2.24, 2.45) is 0 Å². The second kappa shape index (κ2) is 4.52. The van der Waals surface area contributed by atoms with Crippen LogP contribution < -0.4 is 0 Å². The predicted molar refractivity (Wildman–Crippen MR) is 69.0 cm³/mol. The Morgan fingerprint density at radius 3 is 2.32 bits per heavy atom. The van der Waals surface area contributed by atoms with Crippen LogP contribution in [0.3, 0.4) is 0 Å². The minimum atomic E-state index is -3.69. The Kier molecular flexibility index (Phi) is 3.30. The molecule has 0 aliphatic heterocycles. The Morgan fingerprint density at radius 2 is 1.84 bits per heavy atom. The number of hydrogen-bond acceptors (Lipinski definition) is 4. The number of hydrogen-bond donors (Lipinski definition) is 2. The van der Waals surface area contributed by atoms with Gasteiger partial charge in [-0.2, -0.15) is 0 Å². The van der Waals surface area contributed by atoms with Crippen molar-refractivity contribution in [3.05, 3.63) is 23.8 Å². The molecule has 0 radical (unpaired) electrons. The van der Waals surface area contributed by atoms with Gasteiger partial charge in [-0.05, 0) is 24.5 Å². The highest BCUT2D eigenvalue weighted by Crippen LogP contribution is 2.45. The normalized spacial score (nSPS) is 18.4. The molecule has 0 unspecified atom stereocenters. The quantitative estimate of drug-likeness (QED) is 0.881. The van der Waals surface area contributed by atoms with Crippen LogP contribution in [0.1, 0.15) is 31.2 Å². The summed E-state index contributed by atoms with van der Waals surface area (Å²) in [5.74, 6) is -1.41. The molecule has 2 rings (SSSR count). The lowest BCUT2D eigenvalue weighted by Crippen LogP contribution is -2.34.